The zero-order chi connectivity index (χ0) is 29.9. The summed E-state index contributed by atoms with van der Waals surface area (Å²) >= 11 is 6.17. The number of hydrogen-bond donors (Lipinski definition) is 1. The molecule has 0 aliphatic carbocycles. The highest BCUT2D eigenvalue weighted by atomic mass is 35.5. The van der Waals surface area contributed by atoms with Crippen molar-refractivity contribution in [2.24, 2.45) is 5.10 Å². The van der Waals surface area contributed by atoms with Crippen LogP contribution < -0.4 is 20.3 Å². The van der Waals surface area contributed by atoms with Gasteiger partial charge >= 0.3 is 0 Å². The van der Waals surface area contributed by atoms with E-state index >= 15 is 0 Å². The second kappa shape index (κ2) is 11.8. The number of benzene rings is 4. The summed E-state index contributed by atoms with van der Waals surface area (Å²) in [5.74, 6) is 0.877. The zero-order valence-electron chi connectivity index (χ0n) is 23.2. The highest BCUT2D eigenvalue weighted by Gasteiger charge is 2.18. The molecule has 0 saturated carbocycles. The van der Waals surface area contributed by atoms with Crippen molar-refractivity contribution in [3.8, 4) is 23.1 Å². The largest absolute Gasteiger partial charge is 0.493 e. The van der Waals surface area contributed by atoms with Crippen LogP contribution in [0.2, 0.25) is 5.02 Å². The molecule has 2 aromatic heterocycles. The van der Waals surface area contributed by atoms with Gasteiger partial charge < -0.3 is 19.2 Å². The number of halogens is 1. The molecule has 1 amide bonds. The minimum Gasteiger partial charge on any atom is -0.493 e. The van der Waals surface area contributed by atoms with Crippen LogP contribution in [0.5, 0.6) is 11.5 Å². The first-order valence-electron chi connectivity index (χ1n) is 13.3. The molecule has 0 spiro atoms. The highest BCUT2D eigenvalue weighted by molar-refractivity contribution is 6.31. The number of nitrogens with one attached hydrogen (secondary N) is 1. The third kappa shape index (κ3) is 5.84. The van der Waals surface area contributed by atoms with Crippen molar-refractivity contribution >= 4 is 51.3 Å². The first-order valence-corrected chi connectivity index (χ1v) is 13.7. The van der Waals surface area contributed by atoms with E-state index < -0.39 is 5.56 Å². The number of carbonyl (C=O) groups excluding carboxylic acids is 1. The van der Waals surface area contributed by atoms with Crippen LogP contribution in [-0.2, 0) is 4.79 Å². The molecule has 4 aromatic carbocycles. The summed E-state index contributed by atoms with van der Waals surface area (Å²) in [5.41, 5.74) is 2.91. The van der Waals surface area contributed by atoms with E-state index in [1.54, 1.807) is 66.7 Å². The average Bonchev–Trinajstić information content (AvgIpc) is 3.44. The predicted molar refractivity (Wildman–Crippen MR) is 168 cm³/mol. The summed E-state index contributed by atoms with van der Waals surface area (Å²) < 4.78 is 18.6. The van der Waals surface area contributed by atoms with E-state index in [-0.39, 0.29) is 24.1 Å². The van der Waals surface area contributed by atoms with Crippen LogP contribution >= 0.6 is 11.6 Å². The quantitative estimate of drug-likeness (QED) is 0.198. The zero-order valence-corrected chi connectivity index (χ0v) is 24.0. The summed E-state index contributed by atoms with van der Waals surface area (Å²) in [6.45, 7) is 1.69. The predicted octanol–water partition coefficient (Wildman–Crippen LogP) is 6.68. The van der Waals surface area contributed by atoms with Gasteiger partial charge in [0, 0.05) is 21.7 Å². The van der Waals surface area contributed by atoms with E-state index in [1.807, 2.05) is 31.2 Å². The summed E-state index contributed by atoms with van der Waals surface area (Å²) in [6.07, 6.45) is 1.45. The third-order valence-corrected chi connectivity index (χ3v) is 6.91. The maximum Gasteiger partial charge on any atom is 0.282 e. The lowest BCUT2D eigenvalue weighted by Gasteiger charge is -2.13. The Morgan fingerprint density at radius 3 is 2.67 bits per heavy atom. The van der Waals surface area contributed by atoms with Crippen LogP contribution in [0.15, 0.2) is 105 Å². The number of methoxy groups -OCH3 is 1. The molecule has 0 saturated heterocycles. The lowest BCUT2D eigenvalue weighted by Crippen LogP contribution is -2.21. The molecule has 0 fully saturated rings. The van der Waals surface area contributed by atoms with E-state index in [0.29, 0.717) is 44.3 Å². The molecule has 6 aromatic rings. The number of carbonyl (C=O) groups is 1. The number of nitrogens with zero attached hydrogens (tertiary/aromatic N) is 3. The Kier molecular flexibility index (Phi) is 7.63. The van der Waals surface area contributed by atoms with E-state index in [4.69, 9.17) is 30.5 Å². The Hall–Kier alpha value is -5.41. The molecule has 0 radical (unpaired) electrons. The molecule has 214 valence electrons. The molecule has 1 N–H and O–H groups in total. The number of amides is 1. The lowest BCUT2D eigenvalue weighted by atomic mass is 10.2. The summed E-state index contributed by atoms with van der Waals surface area (Å²) in [6, 6.07) is 26.7. The van der Waals surface area contributed by atoms with Gasteiger partial charge in [-0.25, -0.2) is 4.98 Å². The maximum absolute atomic E-state index is 13.7. The van der Waals surface area contributed by atoms with Crippen molar-refractivity contribution in [1.82, 2.24) is 9.66 Å². The van der Waals surface area contributed by atoms with E-state index in [2.05, 4.69) is 10.4 Å². The fourth-order valence-corrected chi connectivity index (χ4v) is 4.74. The fraction of sp³-hybridized carbons (Fsp3) is 0.0909. The first kappa shape index (κ1) is 27.7. The van der Waals surface area contributed by atoms with E-state index in [9.17, 15) is 9.59 Å². The summed E-state index contributed by atoms with van der Waals surface area (Å²) in [5, 5.41) is 9.03. The summed E-state index contributed by atoms with van der Waals surface area (Å²) in [4.78, 5) is 31.0. The molecule has 2 heterocycles. The topological polar surface area (TPSA) is 108 Å². The number of fused-ring (bicyclic) bond motifs is 2. The first-order chi connectivity index (χ1) is 20.9. The van der Waals surface area contributed by atoms with E-state index in [0.717, 1.165) is 10.9 Å². The highest BCUT2D eigenvalue weighted by Crippen LogP contribution is 2.31. The number of aromatic nitrogens is 2. The van der Waals surface area contributed by atoms with E-state index in [1.165, 1.54) is 18.0 Å². The van der Waals surface area contributed by atoms with Crippen molar-refractivity contribution in [3.63, 3.8) is 0 Å². The third-order valence-electron chi connectivity index (χ3n) is 6.68. The summed E-state index contributed by atoms with van der Waals surface area (Å²) in [7, 11) is 1.50. The van der Waals surface area contributed by atoms with Gasteiger partial charge in [0.2, 0.25) is 5.82 Å². The van der Waals surface area contributed by atoms with Gasteiger partial charge in [0.1, 0.15) is 5.58 Å². The molecule has 0 bridgehead atoms. The van der Waals surface area contributed by atoms with Gasteiger partial charge in [0.15, 0.2) is 23.9 Å². The minimum absolute atomic E-state index is 0.204. The van der Waals surface area contributed by atoms with Crippen LogP contribution in [0.25, 0.3) is 33.5 Å². The minimum atomic E-state index is -0.391. The second-order valence-electron chi connectivity index (χ2n) is 9.69. The van der Waals surface area contributed by atoms with Gasteiger partial charge in [0.05, 0.1) is 24.2 Å². The monoisotopic (exact) mass is 592 g/mol. The smallest absolute Gasteiger partial charge is 0.282 e. The molecule has 0 aliphatic heterocycles. The number of aryl methyl sites for hydroxylation is 1. The second-order valence-corrected chi connectivity index (χ2v) is 10.1. The molecule has 0 unspecified atom stereocenters. The molecule has 10 heteroatoms. The average molecular weight is 593 g/mol. The van der Waals surface area contributed by atoms with Gasteiger partial charge in [-0.1, -0.05) is 47.5 Å². The number of anilines is 1. The number of ether oxygens (including phenoxy) is 2. The van der Waals surface area contributed by atoms with Crippen molar-refractivity contribution in [3.05, 3.63) is 117 Å². The van der Waals surface area contributed by atoms with Crippen LogP contribution in [0.1, 0.15) is 11.1 Å². The van der Waals surface area contributed by atoms with Crippen LogP contribution in [0, 0.1) is 6.92 Å². The Labute approximate surface area is 251 Å². The molecule has 0 atom stereocenters. The van der Waals surface area contributed by atoms with Crippen molar-refractivity contribution in [2.75, 3.05) is 19.0 Å². The maximum atomic E-state index is 13.7. The van der Waals surface area contributed by atoms with Gasteiger partial charge in [-0.15, -0.1) is 0 Å². The van der Waals surface area contributed by atoms with Gasteiger partial charge in [-0.05, 0) is 67.6 Å². The fourth-order valence-electron chi connectivity index (χ4n) is 4.56. The molecule has 43 heavy (non-hydrogen) atoms. The Bertz CT molecular complexity index is 2070. The molecule has 6 rings (SSSR count). The van der Waals surface area contributed by atoms with Crippen molar-refractivity contribution < 1.29 is 18.7 Å². The number of para-hydroxylation sites is 2. The normalized spacial score (nSPS) is 11.3. The number of hydrogen-bond acceptors (Lipinski definition) is 7. The van der Waals surface area contributed by atoms with Gasteiger partial charge in [-0.3, -0.25) is 9.59 Å². The molecular weight excluding hydrogens is 568 g/mol. The standard InChI is InChI=1S/C33H25ClN4O5/c1-20-10-13-24(14-11-20)36-30(39)19-42-31-21(6-5-9-28(31)41-2)18-35-38-32(37-26-8-4-3-7-25(26)33(38)40)29-17-22-16-23(34)12-15-27(22)43-29/h3-18H,19H2,1-2H3,(H,36,39). The van der Waals surface area contributed by atoms with Gasteiger partial charge in [-0.2, -0.15) is 9.78 Å². The molecular formula is C33H25ClN4O5. The van der Waals surface area contributed by atoms with Crippen LogP contribution in [0.3, 0.4) is 0 Å². The Morgan fingerprint density at radius 1 is 1.05 bits per heavy atom. The number of rotatable bonds is 8. The number of furan rings is 1. The SMILES string of the molecule is COc1cccc(C=Nn2c(-c3cc4cc(Cl)ccc4o3)nc3ccccc3c2=O)c1OCC(=O)Nc1ccc(C)cc1. The van der Waals surface area contributed by atoms with Crippen molar-refractivity contribution in [1.29, 1.82) is 0 Å². The Morgan fingerprint density at radius 2 is 1.86 bits per heavy atom. The van der Waals surface area contributed by atoms with Crippen molar-refractivity contribution in [2.45, 2.75) is 6.92 Å². The molecule has 9 nitrogen and oxygen atoms in total. The van der Waals surface area contributed by atoms with Crippen LogP contribution in [0.4, 0.5) is 5.69 Å². The van der Waals surface area contributed by atoms with Crippen LogP contribution in [-0.4, -0.2) is 35.5 Å². The Balaban J connectivity index is 1.37. The van der Waals surface area contributed by atoms with Gasteiger partial charge in [0.25, 0.3) is 11.5 Å². The molecule has 0 aliphatic rings. The lowest BCUT2D eigenvalue weighted by molar-refractivity contribution is -0.118.